The number of anilines is 1. The molecule has 4 heterocycles. The standard InChI is InChI=1S/C18H23BN5O4/c25-11-19-22-7-5-12(6-8-22)13-1-4-16(20-9-13)21-17(26)15-3-2-14-10-23(15)18(27)24(14)28/h1,4,9,11-12,14-15,28H,2-3,5-8,10H2,(H,20,21,26)/t14-,15+/m1/s1. The van der Waals surface area contributed by atoms with Gasteiger partial charge < -0.3 is 19.8 Å². The first-order chi connectivity index (χ1) is 13.6. The summed E-state index contributed by atoms with van der Waals surface area (Å²) in [6.07, 6.45) is 5.63. The summed E-state index contributed by atoms with van der Waals surface area (Å²) in [7, 11) is 1.59. The number of hydroxylamine groups is 2. The Morgan fingerprint density at radius 2 is 2.04 bits per heavy atom. The van der Waals surface area contributed by atoms with Gasteiger partial charge >= 0.3 is 6.03 Å². The van der Waals surface area contributed by atoms with E-state index in [0.29, 0.717) is 31.1 Å². The summed E-state index contributed by atoms with van der Waals surface area (Å²) in [5.74, 6) is 0.566. The molecule has 147 valence electrons. The number of aromatic nitrogens is 1. The molecule has 3 aliphatic rings. The molecule has 3 fully saturated rings. The largest absolute Gasteiger partial charge is 0.344 e. The molecule has 0 aliphatic carbocycles. The first-order valence-corrected chi connectivity index (χ1v) is 9.65. The van der Waals surface area contributed by atoms with Crippen molar-refractivity contribution < 1.29 is 19.6 Å². The van der Waals surface area contributed by atoms with E-state index in [-0.39, 0.29) is 11.9 Å². The number of amides is 3. The van der Waals surface area contributed by atoms with Crippen LogP contribution in [0.5, 0.6) is 0 Å². The number of fused-ring (bicyclic) bond motifs is 2. The third-order valence-electron chi connectivity index (χ3n) is 5.96. The van der Waals surface area contributed by atoms with Crippen molar-refractivity contribution >= 4 is 31.4 Å². The van der Waals surface area contributed by atoms with Gasteiger partial charge in [0.05, 0.1) is 12.2 Å². The Labute approximate surface area is 163 Å². The third kappa shape index (κ3) is 3.61. The Kier molecular flexibility index (Phi) is 5.32. The zero-order valence-electron chi connectivity index (χ0n) is 15.5. The fraction of sp³-hybridized carbons (Fsp3) is 0.556. The van der Waals surface area contributed by atoms with Crippen LogP contribution in [-0.4, -0.2) is 82.2 Å². The Morgan fingerprint density at radius 3 is 2.71 bits per heavy atom. The minimum absolute atomic E-state index is 0.218. The summed E-state index contributed by atoms with van der Waals surface area (Å²) in [5, 5.41) is 13.3. The van der Waals surface area contributed by atoms with E-state index in [9.17, 15) is 19.6 Å². The normalized spacial score (nSPS) is 25.7. The van der Waals surface area contributed by atoms with Gasteiger partial charge in [-0.05, 0) is 56.3 Å². The van der Waals surface area contributed by atoms with E-state index >= 15 is 0 Å². The molecule has 28 heavy (non-hydrogen) atoms. The minimum atomic E-state index is -0.583. The van der Waals surface area contributed by atoms with E-state index in [1.807, 2.05) is 10.9 Å². The monoisotopic (exact) mass is 384 g/mol. The van der Waals surface area contributed by atoms with Gasteiger partial charge in [0, 0.05) is 12.7 Å². The molecular formula is C18H23BN5O4. The number of nitrogens with zero attached hydrogens (tertiary/aromatic N) is 4. The van der Waals surface area contributed by atoms with Crippen molar-refractivity contribution in [3.8, 4) is 0 Å². The summed E-state index contributed by atoms with van der Waals surface area (Å²) in [4.78, 5) is 43.0. The topological polar surface area (TPSA) is 106 Å². The average Bonchev–Trinajstić information content (AvgIpc) is 2.93. The maximum Gasteiger partial charge on any atom is 0.344 e. The second-order valence-electron chi connectivity index (χ2n) is 7.59. The molecule has 3 aliphatic heterocycles. The fourth-order valence-corrected chi connectivity index (χ4v) is 4.32. The van der Waals surface area contributed by atoms with E-state index in [2.05, 4.69) is 10.3 Å². The van der Waals surface area contributed by atoms with Crippen LogP contribution in [0.1, 0.15) is 37.2 Å². The summed E-state index contributed by atoms with van der Waals surface area (Å²) >= 11 is 0. The average molecular weight is 384 g/mol. The van der Waals surface area contributed by atoms with E-state index in [4.69, 9.17) is 0 Å². The zero-order valence-corrected chi connectivity index (χ0v) is 15.5. The van der Waals surface area contributed by atoms with Crippen LogP contribution in [0.3, 0.4) is 0 Å². The molecule has 2 bridgehead atoms. The number of piperidine rings is 2. The first-order valence-electron chi connectivity index (χ1n) is 9.65. The lowest BCUT2D eigenvalue weighted by Crippen LogP contribution is -2.47. The fourth-order valence-electron chi connectivity index (χ4n) is 4.32. The third-order valence-corrected chi connectivity index (χ3v) is 5.96. The van der Waals surface area contributed by atoms with Crippen LogP contribution in [0.4, 0.5) is 10.6 Å². The van der Waals surface area contributed by atoms with Gasteiger partial charge in [0.2, 0.25) is 5.91 Å². The molecule has 9 nitrogen and oxygen atoms in total. The molecule has 3 amide bonds. The van der Waals surface area contributed by atoms with E-state index in [1.165, 1.54) is 4.90 Å². The Balaban J connectivity index is 1.34. The number of hydrogen-bond donors (Lipinski definition) is 2. The van der Waals surface area contributed by atoms with Crippen molar-refractivity contribution in [2.45, 2.75) is 43.7 Å². The predicted molar refractivity (Wildman–Crippen MR) is 101 cm³/mol. The van der Waals surface area contributed by atoms with Crippen molar-refractivity contribution in [3.05, 3.63) is 23.9 Å². The Morgan fingerprint density at radius 1 is 1.25 bits per heavy atom. The van der Waals surface area contributed by atoms with E-state index in [1.54, 1.807) is 19.7 Å². The molecule has 0 aromatic carbocycles. The second-order valence-corrected chi connectivity index (χ2v) is 7.59. The summed E-state index contributed by atoms with van der Waals surface area (Å²) in [6, 6.07) is 2.45. The van der Waals surface area contributed by atoms with Crippen LogP contribution in [0.2, 0.25) is 0 Å². The van der Waals surface area contributed by atoms with Crippen LogP contribution >= 0.6 is 0 Å². The first kappa shape index (κ1) is 18.9. The molecule has 4 rings (SSSR count). The predicted octanol–water partition coefficient (Wildman–Crippen LogP) is 0.667. The molecule has 1 aromatic rings. The lowest BCUT2D eigenvalue weighted by molar-refractivity contribution is -0.120. The van der Waals surface area contributed by atoms with Crippen LogP contribution in [0, 0.1) is 0 Å². The Hall–Kier alpha value is -2.46. The number of pyridine rings is 1. The van der Waals surface area contributed by atoms with Gasteiger partial charge in [0.25, 0.3) is 7.41 Å². The molecule has 0 spiro atoms. The van der Waals surface area contributed by atoms with Gasteiger partial charge in [-0.3, -0.25) is 10.0 Å². The summed E-state index contributed by atoms with van der Waals surface area (Å²) in [6.45, 7) is 2.06. The number of nitrogens with one attached hydrogen (secondary N) is 1. The molecule has 0 unspecified atom stereocenters. The second kappa shape index (κ2) is 7.88. The SMILES string of the molecule is O=C[B]N1CCC(c2ccc(NC(=O)[C@@H]3CC[C@@H]4CN3C(=O)N4O)nc2)CC1. The van der Waals surface area contributed by atoms with Gasteiger partial charge in [0.1, 0.15) is 11.9 Å². The highest BCUT2D eigenvalue weighted by molar-refractivity contribution is 6.64. The summed E-state index contributed by atoms with van der Waals surface area (Å²) in [5.41, 5.74) is 1.12. The lowest BCUT2D eigenvalue weighted by Gasteiger charge is -2.30. The highest BCUT2D eigenvalue weighted by Crippen LogP contribution is 2.30. The van der Waals surface area contributed by atoms with Crippen molar-refractivity contribution in [3.63, 3.8) is 0 Å². The van der Waals surface area contributed by atoms with Crippen LogP contribution < -0.4 is 5.32 Å². The van der Waals surface area contributed by atoms with Gasteiger partial charge in [0.15, 0.2) is 0 Å². The maximum absolute atomic E-state index is 12.6. The van der Waals surface area contributed by atoms with Crippen LogP contribution in [0.25, 0.3) is 0 Å². The van der Waals surface area contributed by atoms with E-state index in [0.717, 1.165) is 42.7 Å². The zero-order chi connectivity index (χ0) is 19.7. The van der Waals surface area contributed by atoms with Gasteiger partial charge in [-0.2, -0.15) is 0 Å². The molecular weight excluding hydrogens is 361 g/mol. The Bertz CT molecular complexity index is 753. The molecule has 1 aromatic heterocycles. The summed E-state index contributed by atoms with van der Waals surface area (Å²) < 4.78 is 0. The van der Waals surface area contributed by atoms with E-state index < -0.39 is 12.1 Å². The van der Waals surface area contributed by atoms with Crippen molar-refractivity contribution in [1.82, 2.24) is 19.8 Å². The quantitative estimate of drug-likeness (QED) is 0.439. The van der Waals surface area contributed by atoms with Crippen molar-refractivity contribution in [2.75, 3.05) is 25.0 Å². The molecule has 0 saturated carbocycles. The maximum atomic E-state index is 12.6. The number of carbonyl (C=O) groups excluding carboxylic acids is 3. The van der Waals surface area contributed by atoms with Crippen molar-refractivity contribution in [2.24, 2.45) is 0 Å². The number of carbonyl (C=O) groups is 3. The van der Waals surface area contributed by atoms with Gasteiger partial charge in [-0.15, -0.1) is 0 Å². The van der Waals surface area contributed by atoms with Gasteiger partial charge in [-0.25, -0.2) is 14.8 Å². The number of rotatable bonds is 5. The molecule has 2 N–H and O–H groups in total. The lowest BCUT2D eigenvalue weighted by atomic mass is 9.84. The molecule has 1 radical (unpaired) electrons. The van der Waals surface area contributed by atoms with Gasteiger partial charge in [-0.1, -0.05) is 6.07 Å². The highest BCUT2D eigenvalue weighted by Gasteiger charge is 2.46. The molecule has 2 atom stereocenters. The highest BCUT2D eigenvalue weighted by atomic mass is 16.5. The van der Waals surface area contributed by atoms with Crippen LogP contribution in [-0.2, 0) is 9.59 Å². The number of urea groups is 1. The van der Waals surface area contributed by atoms with Crippen LogP contribution in [0.15, 0.2) is 18.3 Å². The smallest absolute Gasteiger partial charge is 0.340 e. The number of hydrogen-bond acceptors (Lipinski definition) is 6. The minimum Gasteiger partial charge on any atom is -0.340 e. The molecule has 3 saturated heterocycles. The van der Waals surface area contributed by atoms with Crippen molar-refractivity contribution in [1.29, 1.82) is 0 Å². The molecule has 10 heteroatoms.